The predicted molar refractivity (Wildman–Crippen MR) is 120 cm³/mol. The monoisotopic (exact) mass is 437 g/mol. The lowest BCUT2D eigenvalue weighted by atomic mass is 10.1. The summed E-state index contributed by atoms with van der Waals surface area (Å²) in [6.45, 7) is 4.52. The van der Waals surface area contributed by atoms with E-state index in [1.807, 2.05) is 53.6 Å². The zero-order valence-electron chi connectivity index (χ0n) is 16.3. The minimum Gasteiger partial charge on any atom is -0.353 e. The van der Waals surface area contributed by atoms with Crippen molar-refractivity contribution in [1.82, 2.24) is 19.5 Å². The van der Waals surface area contributed by atoms with Crippen LogP contribution in [0.1, 0.15) is 15.2 Å². The van der Waals surface area contributed by atoms with Crippen LogP contribution in [-0.4, -0.2) is 51.6 Å². The first-order chi connectivity index (χ1) is 14.6. The molecule has 4 heterocycles. The lowest BCUT2D eigenvalue weighted by Crippen LogP contribution is -2.49. The van der Waals surface area contributed by atoms with Gasteiger partial charge in [0.05, 0.1) is 4.88 Å². The SMILES string of the molecule is Cc1ccccc1-c1nn2c(=O)cc(N3CCN(C(=O)c4cccs4)CC3)nc2s1. The molecule has 0 aliphatic carbocycles. The highest BCUT2D eigenvalue weighted by Gasteiger charge is 2.24. The Labute approximate surface area is 180 Å². The van der Waals surface area contributed by atoms with Crippen LogP contribution in [0.25, 0.3) is 15.5 Å². The van der Waals surface area contributed by atoms with Gasteiger partial charge in [-0.1, -0.05) is 41.7 Å². The molecule has 30 heavy (non-hydrogen) atoms. The van der Waals surface area contributed by atoms with Crippen LogP contribution in [0.15, 0.2) is 52.6 Å². The largest absolute Gasteiger partial charge is 0.353 e. The topological polar surface area (TPSA) is 70.8 Å². The molecule has 1 aliphatic heterocycles. The van der Waals surface area contributed by atoms with Crippen LogP contribution >= 0.6 is 22.7 Å². The number of carbonyl (C=O) groups excluding carboxylic acids is 1. The maximum Gasteiger partial charge on any atom is 0.277 e. The van der Waals surface area contributed by atoms with Gasteiger partial charge in [0.2, 0.25) is 4.96 Å². The fraction of sp³-hybridized carbons (Fsp3) is 0.238. The van der Waals surface area contributed by atoms with E-state index in [1.54, 1.807) is 0 Å². The Morgan fingerprint density at radius 2 is 1.87 bits per heavy atom. The first kappa shape index (κ1) is 19.0. The van der Waals surface area contributed by atoms with Gasteiger partial charge in [0.1, 0.15) is 10.8 Å². The molecule has 0 bridgehead atoms. The van der Waals surface area contributed by atoms with E-state index in [1.165, 1.54) is 33.3 Å². The second-order valence-electron chi connectivity index (χ2n) is 7.13. The maximum atomic E-state index is 12.7. The van der Waals surface area contributed by atoms with E-state index in [4.69, 9.17) is 4.98 Å². The van der Waals surface area contributed by atoms with Crippen molar-refractivity contribution in [2.24, 2.45) is 0 Å². The van der Waals surface area contributed by atoms with E-state index in [9.17, 15) is 9.59 Å². The van der Waals surface area contributed by atoms with Crippen LogP contribution < -0.4 is 10.5 Å². The van der Waals surface area contributed by atoms with Crippen molar-refractivity contribution in [3.05, 3.63) is 68.6 Å². The van der Waals surface area contributed by atoms with Crippen LogP contribution in [0.3, 0.4) is 0 Å². The summed E-state index contributed by atoms with van der Waals surface area (Å²) in [4.78, 5) is 35.2. The Balaban J connectivity index is 1.39. The molecular weight excluding hydrogens is 418 g/mol. The number of rotatable bonds is 3. The number of anilines is 1. The number of aromatic nitrogens is 3. The molecule has 9 heteroatoms. The van der Waals surface area contributed by atoms with E-state index in [-0.39, 0.29) is 11.5 Å². The highest BCUT2D eigenvalue weighted by atomic mass is 32.1. The summed E-state index contributed by atoms with van der Waals surface area (Å²) in [6.07, 6.45) is 0. The third-order valence-corrected chi connectivity index (χ3v) is 7.03. The third-order valence-electron chi connectivity index (χ3n) is 5.23. The van der Waals surface area contributed by atoms with Crippen LogP contribution in [0, 0.1) is 6.92 Å². The second kappa shape index (κ2) is 7.66. The molecule has 0 spiro atoms. The first-order valence-electron chi connectivity index (χ1n) is 9.65. The van der Waals surface area contributed by atoms with Gasteiger partial charge in [0.25, 0.3) is 11.5 Å². The van der Waals surface area contributed by atoms with E-state index in [2.05, 4.69) is 10.00 Å². The zero-order valence-corrected chi connectivity index (χ0v) is 17.9. The van der Waals surface area contributed by atoms with Crippen LogP contribution in [-0.2, 0) is 0 Å². The lowest BCUT2D eigenvalue weighted by Gasteiger charge is -2.35. The van der Waals surface area contributed by atoms with Gasteiger partial charge >= 0.3 is 0 Å². The molecule has 7 nitrogen and oxygen atoms in total. The molecule has 0 N–H and O–H groups in total. The number of amides is 1. The van der Waals surface area contributed by atoms with E-state index in [0.717, 1.165) is 21.0 Å². The van der Waals surface area contributed by atoms with Crippen molar-refractivity contribution in [2.75, 3.05) is 31.1 Å². The Morgan fingerprint density at radius 3 is 2.60 bits per heavy atom. The summed E-state index contributed by atoms with van der Waals surface area (Å²) in [5.41, 5.74) is 1.93. The number of nitrogens with zero attached hydrogens (tertiary/aromatic N) is 5. The third kappa shape index (κ3) is 3.40. The molecule has 1 fully saturated rings. The van der Waals surface area contributed by atoms with Gasteiger partial charge in [-0.15, -0.1) is 11.3 Å². The average molecular weight is 438 g/mol. The summed E-state index contributed by atoms with van der Waals surface area (Å²) in [7, 11) is 0. The quantitative estimate of drug-likeness (QED) is 0.492. The standard InChI is InChI=1S/C21H19N5O2S2/c1-14-5-2-3-6-15(14)19-23-26-18(27)13-17(22-21(26)30-19)24-8-10-25(11-9-24)20(28)16-7-4-12-29-16/h2-7,12-13H,8-11H2,1H3. The number of aryl methyl sites for hydroxylation is 1. The molecule has 0 radical (unpaired) electrons. The molecule has 4 aromatic rings. The molecule has 3 aromatic heterocycles. The lowest BCUT2D eigenvalue weighted by molar-refractivity contribution is 0.0751. The molecule has 0 saturated carbocycles. The fourth-order valence-electron chi connectivity index (χ4n) is 3.58. The number of fused-ring (bicyclic) bond motifs is 1. The summed E-state index contributed by atoms with van der Waals surface area (Å²) in [6, 6.07) is 13.3. The van der Waals surface area contributed by atoms with Crippen molar-refractivity contribution < 1.29 is 4.79 Å². The summed E-state index contributed by atoms with van der Waals surface area (Å²) in [5.74, 6) is 0.710. The number of piperazine rings is 1. The van der Waals surface area contributed by atoms with Crippen LogP contribution in [0.5, 0.6) is 0 Å². The number of hydrogen-bond donors (Lipinski definition) is 0. The van der Waals surface area contributed by atoms with Gasteiger partial charge in [-0.05, 0) is 23.9 Å². The molecule has 0 atom stereocenters. The number of hydrogen-bond acceptors (Lipinski definition) is 7. The molecule has 1 amide bonds. The normalized spacial score (nSPS) is 14.4. The van der Waals surface area contributed by atoms with E-state index >= 15 is 0 Å². The van der Waals surface area contributed by atoms with Crippen molar-refractivity contribution in [1.29, 1.82) is 0 Å². The Kier molecular flexibility index (Phi) is 4.84. The maximum absolute atomic E-state index is 12.7. The Hall–Kier alpha value is -3.04. The number of benzene rings is 1. The Bertz CT molecular complexity index is 1270. The highest BCUT2D eigenvalue weighted by Crippen LogP contribution is 2.28. The average Bonchev–Trinajstić information content (AvgIpc) is 3.44. The molecule has 152 valence electrons. The minimum atomic E-state index is -0.192. The molecule has 1 aromatic carbocycles. The van der Waals surface area contributed by atoms with Gasteiger partial charge in [-0.25, -0.2) is 4.98 Å². The van der Waals surface area contributed by atoms with E-state index in [0.29, 0.717) is 37.0 Å². The molecule has 5 rings (SSSR count). The summed E-state index contributed by atoms with van der Waals surface area (Å²) >= 11 is 2.87. The Morgan fingerprint density at radius 1 is 1.07 bits per heavy atom. The van der Waals surface area contributed by atoms with Crippen molar-refractivity contribution >= 4 is 39.4 Å². The van der Waals surface area contributed by atoms with Crippen LogP contribution in [0.2, 0.25) is 0 Å². The van der Waals surface area contributed by atoms with Crippen molar-refractivity contribution in [3.63, 3.8) is 0 Å². The minimum absolute atomic E-state index is 0.0680. The fourth-order valence-corrected chi connectivity index (χ4v) is 5.26. The summed E-state index contributed by atoms with van der Waals surface area (Å²) in [5, 5.41) is 7.18. The molecular formula is C21H19N5O2S2. The van der Waals surface area contributed by atoms with E-state index < -0.39 is 0 Å². The first-order valence-corrected chi connectivity index (χ1v) is 11.3. The number of carbonyl (C=O) groups is 1. The zero-order chi connectivity index (χ0) is 20.7. The van der Waals surface area contributed by atoms with Crippen LogP contribution in [0.4, 0.5) is 5.82 Å². The van der Waals surface area contributed by atoms with Gasteiger partial charge in [-0.3, -0.25) is 9.59 Å². The van der Waals surface area contributed by atoms with Crippen molar-refractivity contribution in [3.8, 4) is 10.6 Å². The highest BCUT2D eigenvalue weighted by molar-refractivity contribution is 7.19. The molecule has 1 aliphatic rings. The summed E-state index contributed by atoms with van der Waals surface area (Å²) < 4.78 is 1.37. The molecule has 0 unspecified atom stereocenters. The van der Waals surface area contributed by atoms with Gasteiger partial charge in [-0.2, -0.15) is 9.61 Å². The molecule has 1 saturated heterocycles. The second-order valence-corrected chi connectivity index (χ2v) is 9.03. The smallest absolute Gasteiger partial charge is 0.277 e. The van der Waals surface area contributed by atoms with Gasteiger partial charge in [0, 0.05) is 37.8 Å². The van der Waals surface area contributed by atoms with Gasteiger partial charge < -0.3 is 9.80 Å². The van der Waals surface area contributed by atoms with Gasteiger partial charge in [0.15, 0.2) is 0 Å². The predicted octanol–water partition coefficient (Wildman–Crippen LogP) is 3.15. The number of thiophene rings is 1. The van der Waals surface area contributed by atoms with Crippen molar-refractivity contribution in [2.45, 2.75) is 6.92 Å².